The van der Waals surface area contributed by atoms with E-state index in [4.69, 9.17) is 56.2 Å². The van der Waals surface area contributed by atoms with Gasteiger partial charge in [-0.25, -0.2) is 4.79 Å². The zero-order valence-corrected chi connectivity index (χ0v) is 21.2. The predicted octanol–water partition coefficient (Wildman–Crippen LogP) is 5.91. The molecule has 12 heteroatoms. The minimum Gasteiger partial charge on any atom is -0.507 e. The van der Waals surface area contributed by atoms with Crippen molar-refractivity contribution in [2.45, 2.75) is 25.4 Å². The molecular formula is C24H16Cl4O8. The van der Waals surface area contributed by atoms with Crippen molar-refractivity contribution in [1.29, 1.82) is 0 Å². The van der Waals surface area contributed by atoms with Crippen LogP contribution in [0.25, 0.3) is 0 Å². The van der Waals surface area contributed by atoms with Gasteiger partial charge < -0.3 is 30.3 Å². The van der Waals surface area contributed by atoms with E-state index < -0.39 is 52.0 Å². The van der Waals surface area contributed by atoms with Gasteiger partial charge in [-0.1, -0.05) is 46.4 Å². The molecule has 0 aromatic heterocycles. The van der Waals surface area contributed by atoms with Gasteiger partial charge in [0.15, 0.2) is 5.60 Å². The number of halogens is 4. The summed E-state index contributed by atoms with van der Waals surface area (Å²) in [4.78, 5) is 24.2. The summed E-state index contributed by atoms with van der Waals surface area (Å²) in [5.41, 5.74) is -2.60. The van der Waals surface area contributed by atoms with Crippen LogP contribution in [0.1, 0.15) is 44.6 Å². The van der Waals surface area contributed by atoms with Crippen LogP contribution in [0.5, 0.6) is 23.0 Å². The maximum atomic E-state index is 13.1. The molecule has 1 unspecified atom stereocenters. The van der Waals surface area contributed by atoms with Crippen molar-refractivity contribution in [3.8, 4) is 23.0 Å². The molecule has 0 radical (unpaired) electrons. The van der Waals surface area contributed by atoms with Gasteiger partial charge >= 0.3 is 11.9 Å². The van der Waals surface area contributed by atoms with Crippen LogP contribution < -0.4 is 0 Å². The summed E-state index contributed by atoms with van der Waals surface area (Å²) in [6, 6.07) is 4.90. The Kier molecular flexibility index (Phi) is 6.59. The van der Waals surface area contributed by atoms with Crippen molar-refractivity contribution >= 4 is 58.3 Å². The molecule has 8 nitrogen and oxygen atoms in total. The number of rotatable bonds is 5. The number of carbonyl (C=O) groups excluding carboxylic acids is 1. The van der Waals surface area contributed by atoms with Crippen molar-refractivity contribution in [2.24, 2.45) is 0 Å². The summed E-state index contributed by atoms with van der Waals surface area (Å²) in [5.74, 6) is -4.31. The number of benzene rings is 3. The standard InChI is InChI=1S/C24H16Cl4O8/c1-8-19(31)13(7-16(27)20(8)32)24(11-6-15(26)14(25)5-10(11)23(35)36-24)12-4-9(2-3-17(29)30)21(33)18(28)22(12)34/h4-7,31-34H,2-3H2,1H3,(H,29,30). The fourth-order valence-electron chi connectivity index (χ4n) is 4.21. The number of aryl methyl sites for hydroxylation is 1. The second kappa shape index (κ2) is 9.12. The van der Waals surface area contributed by atoms with E-state index >= 15 is 0 Å². The topological polar surface area (TPSA) is 145 Å². The van der Waals surface area contributed by atoms with Gasteiger partial charge in [-0.3, -0.25) is 4.79 Å². The van der Waals surface area contributed by atoms with Crippen LogP contribution in [0.2, 0.25) is 20.1 Å². The number of carboxylic acid groups (broad SMARTS) is 1. The molecule has 0 amide bonds. The number of fused-ring (bicyclic) bond motifs is 1. The molecule has 1 aliphatic rings. The van der Waals surface area contributed by atoms with Crippen LogP contribution in [0, 0.1) is 6.92 Å². The SMILES string of the molecule is Cc1c(O)c(Cl)cc(C2(c3cc(CCC(=O)O)c(O)c(Cl)c3O)OC(=O)c3cc(Cl)c(Cl)cc32)c1O. The number of hydrogen-bond acceptors (Lipinski definition) is 7. The van der Waals surface area contributed by atoms with Gasteiger partial charge in [0.1, 0.15) is 28.0 Å². The molecular weight excluding hydrogens is 558 g/mol. The lowest BCUT2D eigenvalue weighted by atomic mass is 9.77. The second-order valence-electron chi connectivity index (χ2n) is 8.10. The molecule has 0 saturated carbocycles. The molecule has 3 aromatic rings. The van der Waals surface area contributed by atoms with Crippen molar-refractivity contribution in [3.63, 3.8) is 0 Å². The minimum atomic E-state index is -2.15. The maximum absolute atomic E-state index is 13.1. The van der Waals surface area contributed by atoms with Gasteiger partial charge in [-0.05, 0) is 43.2 Å². The lowest BCUT2D eigenvalue weighted by Crippen LogP contribution is -2.30. The number of phenolic OH excluding ortho intramolecular Hbond substituents is 4. The molecule has 1 atom stereocenters. The van der Waals surface area contributed by atoms with E-state index in [0.717, 1.165) is 6.07 Å². The predicted molar refractivity (Wildman–Crippen MR) is 132 cm³/mol. The highest BCUT2D eigenvalue weighted by Gasteiger charge is 2.53. The molecule has 188 valence electrons. The first-order chi connectivity index (χ1) is 16.8. The quantitative estimate of drug-likeness (QED) is 0.237. The molecule has 36 heavy (non-hydrogen) atoms. The fraction of sp³-hybridized carbons (Fsp3) is 0.167. The van der Waals surface area contributed by atoms with E-state index in [1.165, 1.54) is 25.1 Å². The van der Waals surface area contributed by atoms with Gasteiger partial charge in [0, 0.05) is 28.7 Å². The van der Waals surface area contributed by atoms with Gasteiger partial charge in [-0.15, -0.1) is 0 Å². The van der Waals surface area contributed by atoms with Crippen LogP contribution in [0.4, 0.5) is 0 Å². The highest BCUT2D eigenvalue weighted by atomic mass is 35.5. The molecule has 3 aromatic carbocycles. The number of carbonyl (C=O) groups is 2. The Morgan fingerprint density at radius 1 is 0.833 bits per heavy atom. The summed E-state index contributed by atoms with van der Waals surface area (Å²) >= 11 is 24.8. The lowest BCUT2D eigenvalue weighted by Gasteiger charge is -2.33. The van der Waals surface area contributed by atoms with E-state index in [9.17, 15) is 30.0 Å². The number of ether oxygens (including phenoxy) is 1. The van der Waals surface area contributed by atoms with E-state index in [1.54, 1.807) is 0 Å². The normalized spacial score (nSPS) is 16.6. The Bertz CT molecular complexity index is 1470. The van der Waals surface area contributed by atoms with Crippen molar-refractivity contribution < 1.29 is 39.9 Å². The molecule has 1 heterocycles. The third-order valence-electron chi connectivity index (χ3n) is 6.03. The first-order valence-electron chi connectivity index (χ1n) is 10.2. The third kappa shape index (κ3) is 3.85. The fourth-order valence-corrected chi connectivity index (χ4v) is 5.01. The maximum Gasteiger partial charge on any atom is 0.340 e. The van der Waals surface area contributed by atoms with Crippen molar-refractivity contribution in [1.82, 2.24) is 0 Å². The highest BCUT2D eigenvalue weighted by molar-refractivity contribution is 6.42. The van der Waals surface area contributed by atoms with E-state index in [-0.39, 0.29) is 54.9 Å². The van der Waals surface area contributed by atoms with Gasteiger partial charge in [0.25, 0.3) is 0 Å². The lowest BCUT2D eigenvalue weighted by molar-refractivity contribution is -0.136. The summed E-state index contributed by atoms with van der Waals surface area (Å²) < 4.78 is 5.82. The number of aliphatic carboxylic acids is 1. The first-order valence-corrected chi connectivity index (χ1v) is 11.7. The Morgan fingerprint density at radius 3 is 2.06 bits per heavy atom. The summed E-state index contributed by atoms with van der Waals surface area (Å²) in [7, 11) is 0. The zero-order valence-electron chi connectivity index (χ0n) is 18.2. The van der Waals surface area contributed by atoms with Crippen LogP contribution >= 0.6 is 46.4 Å². The number of carboxylic acids is 1. The summed E-state index contributed by atoms with van der Waals surface area (Å²) in [6.45, 7) is 1.36. The number of phenols is 4. The number of cyclic esters (lactones) is 1. The third-order valence-corrected chi connectivity index (χ3v) is 7.40. The molecule has 0 fully saturated rings. The molecule has 1 aliphatic heterocycles. The van der Waals surface area contributed by atoms with Crippen LogP contribution in [0.3, 0.4) is 0 Å². The Hall–Kier alpha value is -3.04. The van der Waals surface area contributed by atoms with Gasteiger partial charge in [-0.2, -0.15) is 0 Å². The summed E-state index contributed by atoms with van der Waals surface area (Å²) in [6.07, 6.45) is -0.595. The number of aromatic hydroxyl groups is 4. The minimum absolute atomic E-state index is 0.00893. The average Bonchev–Trinajstić information content (AvgIpc) is 3.10. The van der Waals surface area contributed by atoms with Gasteiger partial charge in [0.2, 0.25) is 0 Å². The zero-order chi connectivity index (χ0) is 26.7. The van der Waals surface area contributed by atoms with E-state index in [1.807, 2.05) is 0 Å². The van der Waals surface area contributed by atoms with Crippen LogP contribution in [-0.2, 0) is 21.6 Å². The van der Waals surface area contributed by atoms with E-state index in [2.05, 4.69) is 0 Å². The second-order valence-corrected chi connectivity index (χ2v) is 9.70. The molecule has 0 aliphatic carbocycles. The smallest absolute Gasteiger partial charge is 0.340 e. The monoisotopic (exact) mass is 572 g/mol. The summed E-state index contributed by atoms with van der Waals surface area (Å²) in [5, 5.41) is 51.3. The van der Waals surface area contributed by atoms with Crippen molar-refractivity contribution in [2.75, 3.05) is 0 Å². The number of esters is 1. The molecule has 4 rings (SSSR count). The average molecular weight is 574 g/mol. The molecule has 0 spiro atoms. The largest absolute Gasteiger partial charge is 0.507 e. The highest BCUT2D eigenvalue weighted by Crippen LogP contribution is 2.57. The van der Waals surface area contributed by atoms with Gasteiger partial charge in [0.05, 0.1) is 20.6 Å². The van der Waals surface area contributed by atoms with E-state index in [0.29, 0.717) is 0 Å². The first kappa shape index (κ1) is 26.0. The molecule has 0 bridgehead atoms. The Balaban J connectivity index is 2.18. The molecule has 5 N–H and O–H groups in total. The van der Waals surface area contributed by atoms with Crippen LogP contribution in [0.15, 0.2) is 24.3 Å². The van der Waals surface area contributed by atoms with Crippen molar-refractivity contribution in [3.05, 3.63) is 77.7 Å². The van der Waals surface area contributed by atoms with Crippen LogP contribution in [-0.4, -0.2) is 37.5 Å². The molecule has 0 saturated heterocycles. The number of hydrogen-bond donors (Lipinski definition) is 5. The Labute approximate surface area is 223 Å². The Morgan fingerprint density at radius 2 is 1.42 bits per heavy atom.